The van der Waals surface area contributed by atoms with E-state index in [1.165, 1.54) is 22.8 Å². The first-order valence-corrected chi connectivity index (χ1v) is 7.35. The van der Waals surface area contributed by atoms with Crippen LogP contribution in [0.1, 0.15) is 33.2 Å². The molecular formula is C17H17Cl2F. The molecule has 0 nitrogen and oxygen atoms in total. The molecule has 0 N–H and O–H groups in total. The van der Waals surface area contributed by atoms with Crippen LogP contribution in [-0.4, -0.2) is 0 Å². The van der Waals surface area contributed by atoms with E-state index in [1.54, 1.807) is 13.0 Å². The van der Waals surface area contributed by atoms with Gasteiger partial charge in [-0.2, -0.15) is 0 Å². The van der Waals surface area contributed by atoms with Crippen LogP contribution in [0.3, 0.4) is 0 Å². The fourth-order valence-electron chi connectivity index (χ4n) is 2.24. The molecule has 2 rings (SSSR count). The maximum absolute atomic E-state index is 13.4. The Morgan fingerprint density at radius 1 is 1.05 bits per heavy atom. The molecule has 0 aliphatic heterocycles. The van der Waals surface area contributed by atoms with Gasteiger partial charge in [0, 0.05) is 5.02 Å². The van der Waals surface area contributed by atoms with Crippen molar-refractivity contribution in [3.8, 4) is 0 Å². The second-order valence-electron chi connectivity index (χ2n) is 5.22. The van der Waals surface area contributed by atoms with Gasteiger partial charge in [0.05, 0.1) is 5.38 Å². The van der Waals surface area contributed by atoms with E-state index < -0.39 is 0 Å². The molecule has 0 bridgehead atoms. The molecule has 0 aliphatic rings. The van der Waals surface area contributed by atoms with Crippen molar-refractivity contribution < 1.29 is 4.39 Å². The molecule has 1 unspecified atom stereocenters. The fourth-order valence-corrected chi connectivity index (χ4v) is 2.93. The highest BCUT2D eigenvalue weighted by Crippen LogP contribution is 2.33. The van der Waals surface area contributed by atoms with Crippen molar-refractivity contribution in [3.05, 3.63) is 69.0 Å². The van der Waals surface area contributed by atoms with Gasteiger partial charge in [-0.3, -0.25) is 0 Å². The monoisotopic (exact) mass is 310 g/mol. The normalized spacial score (nSPS) is 12.5. The second kappa shape index (κ2) is 6.15. The van der Waals surface area contributed by atoms with Crippen molar-refractivity contribution in [2.24, 2.45) is 0 Å². The average Bonchev–Trinajstić information content (AvgIpc) is 2.38. The van der Waals surface area contributed by atoms with E-state index in [0.717, 1.165) is 5.56 Å². The highest BCUT2D eigenvalue weighted by Gasteiger charge is 2.16. The Morgan fingerprint density at radius 3 is 2.45 bits per heavy atom. The zero-order chi connectivity index (χ0) is 14.9. The largest absolute Gasteiger partial charge is 0.207 e. The number of hydrogen-bond acceptors (Lipinski definition) is 0. The minimum atomic E-state index is -0.297. The van der Waals surface area contributed by atoms with Gasteiger partial charge in [0.2, 0.25) is 0 Å². The summed E-state index contributed by atoms with van der Waals surface area (Å²) in [5.74, 6) is -0.297. The number of benzene rings is 2. The molecule has 0 heterocycles. The molecule has 106 valence electrons. The first-order valence-electron chi connectivity index (χ1n) is 6.54. The summed E-state index contributed by atoms with van der Waals surface area (Å²) < 4.78 is 13.4. The van der Waals surface area contributed by atoms with E-state index in [9.17, 15) is 4.39 Å². The van der Waals surface area contributed by atoms with Crippen molar-refractivity contribution in [3.63, 3.8) is 0 Å². The summed E-state index contributed by atoms with van der Waals surface area (Å²) in [6, 6.07) is 9.38. The Kier molecular flexibility index (Phi) is 4.72. The van der Waals surface area contributed by atoms with Crippen LogP contribution >= 0.6 is 23.2 Å². The van der Waals surface area contributed by atoms with E-state index in [0.29, 0.717) is 17.0 Å². The van der Waals surface area contributed by atoms with Gasteiger partial charge in [-0.15, -0.1) is 11.6 Å². The van der Waals surface area contributed by atoms with Crippen molar-refractivity contribution in [2.75, 3.05) is 0 Å². The van der Waals surface area contributed by atoms with Gasteiger partial charge in [0.25, 0.3) is 0 Å². The number of hydrogen-bond donors (Lipinski definition) is 0. The summed E-state index contributed by atoms with van der Waals surface area (Å²) in [6.07, 6.45) is 0.680. The summed E-state index contributed by atoms with van der Waals surface area (Å²) in [4.78, 5) is 0. The van der Waals surface area contributed by atoms with Crippen LogP contribution in [-0.2, 0) is 6.42 Å². The lowest BCUT2D eigenvalue weighted by molar-refractivity contribution is 0.617. The molecule has 1 atom stereocenters. The van der Waals surface area contributed by atoms with Crippen LogP contribution in [0.25, 0.3) is 0 Å². The van der Waals surface area contributed by atoms with Crippen molar-refractivity contribution in [1.82, 2.24) is 0 Å². The van der Waals surface area contributed by atoms with E-state index in [2.05, 4.69) is 32.0 Å². The Morgan fingerprint density at radius 2 is 1.75 bits per heavy atom. The van der Waals surface area contributed by atoms with E-state index >= 15 is 0 Å². The molecule has 0 fully saturated rings. The van der Waals surface area contributed by atoms with Crippen LogP contribution in [0.15, 0.2) is 30.3 Å². The van der Waals surface area contributed by atoms with E-state index in [1.807, 2.05) is 0 Å². The van der Waals surface area contributed by atoms with E-state index in [-0.39, 0.29) is 11.2 Å². The first kappa shape index (κ1) is 15.3. The number of halogens is 3. The summed E-state index contributed by atoms with van der Waals surface area (Å²) in [5.41, 5.74) is 4.96. The van der Waals surface area contributed by atoms with Gasteiger partial charge < -0.3 is 0 Å². The molecule has 3 heteroatoms. The van der Waals surface area contributed by atoms with Crippen LogP contribution in [0.2, 0.25) is 5.02 Å². The molecule has 0 saturated carbocycles. The summed E-state index contributed by atoms with van der Waals surface area (Å²) in [7, 11) is 0. The molecule has 0 radical (unpaired) electrons. The van der Waals surface area contributed by atoms with Gasteiger partial charge in [0.15, 0.2) is 0 Å². The Hall–Kier alpha value is -1.05. The predicted molar refractivity (Wildman–Crippen MR) is 84.4 cm³/mol. The maximum atomic E-state index is 13.4. The Bertz CT molecular complexity index is 635. The Labute approximate surface area is 129 Å². The minimum absolute atomic E-state index is 0.262. The highest BCUT2D eigenvalue weighted by molar-refractivity contribution is 6.32. The van der Waals surface area contributed by atoms with Gasteiger partial charge in [-0.25, -0.2) is 4.39 Å². The third kappa shape index (κ3) is 3.34. The van der Waals surface area contributed by atoms with Crippen molar-refractivity contribution in [2.45, 2.75) is 32.6 Å². The van der Waals surface area contributed by atoms with Gasteiger partial charge in [-0.1, -0.05) is 41.4 Å². The predicted octanol–water partition coefficient (Wildman–Crippen LogP) is 5.93. The van der Waals surface area contributed by atoms with Gasteiger partial charge >= 0.3 is 0 Å². The standard InChI is InChI=1S/C17H17Cl2F/c1-10-4-5-11(2)13(6-10)8-15(18)14-7-12(3)17(20)9-16(14)19/h4-7,9,15H,8H2,1-3H3. The number of rotatable bonds is 3. The molecule has 0 aliphatic carbocycles. The smallest absolute Gasteiger partial charge is 0.127 e. The van der Waals surface area contributed by atoms with Gasteiger partial charge in [0.1, 0.15) is 5.82 Å². The van der Waals surface area contributed by atoms with Crippen LogP contribution in [0, 0.1) is 26.6 Å². The molecule has 0 spiro atoms. The van der Waals surface area contributed by atoms with Gasteiger partial charge in [-0.05, 0) is 55.5 Å². The summed E-state index contributed by atoms with van der Waals surface area (Å²) in [5, 5.41) is 0.126. The van der Waals surface area contributed by atoms with Crippen LogP contribution in [0.5, 0.6) is 0 Å². The summed E-state index contributed by atoms with van der Waals surface area (Å²) in [6.45, 7) is 5.84. The third-order valence-corrected chi connectivity index (χ3v) is 4.24. The maximum Gasteiger partial charge on any atom is 0.127 e. The zero-order valence-corrected chi connectivity index (χ0v) is 13.3. The molecule has 2 aromatic rings. The zero-order valence-electron chi connectivity index (χ0n) is 11.8. The fraction of sp³-hybridized carbons (Fsp3) is 0.294. The SMILES string of the molecule is Cc1ccc(C)c(CC(Cl)c2cc(C)c(F)cc2Cl)c1. The second-order valence-corrected chi connectivity index (χ2v) is 6.16. The van der Waals surface area contributed by atoms with Crippen molar-refractivity contribution in [1.29, 1.82) is 0 Å². The highest BCUT2D eigenvalue weighted by atomic mass is 35.5. The number of aryl methyl sites for hydroxylation is 3. The lowest BCUT2D eigenvalue weighted by Gasteiger charge is -2.15. The van der Waals surface area contributed by atoms with Crippen LogP contribution in [0.4, 0.5) is 4.39 Å². The Balaban J connectivity index is 2.30. The molecule has 2 aromatic carbocycles. The summed E-state index contributed by atoms with van der Waals surface area (Å²) >= 11 is 12.6. The molecule has 0 amide bonds. The number of alkyl halides is 1. The van der Waals surface area contributed by atoms with Crippen molar-refractivity contribution >= 4 is 23.2 Å². The molecule has 0 saturated heterocycles. The van der Waals surface area contributed by atoms with Crippen LogP contribution < -0.4 is 0 Å². The molecular weight excluding hydrogens is 294 g/mol. The topological polar surface area (TPSA) is 0 Å². The first-order chi connectivity index (χ1) is 9.38. The lowest BCUT2D eigenvalue weighted by Crippen LogP contribution is -2.01. The third-order valence-electron chi connectivity index (χ3n) is 3.52. The van der Waals surface area contributed by atoms with E-state index in [4.69, 9.17) is 23.2 Å². The molecule has 20 heavy (non-hydrogen) atoms. The average molecular weight is 311 g/mol. The minimum Gasteiger partial charge on any atom is -0.207 e. The quantitative estimate of drug-likeness (QED) is 0.617. The molecule has 0 aromatic heterocycles. The lowest BCUT2D eigenvalue weighted by atomic mass is 9.97.